The van der Waals surface area contributed by atoms with Crippen LogP contribution in [-0.4, -0.2) is 34.6 Å². The van der Waals surface area contributed by atoms with Crippen LogP contribution in [0.25, 0.3) is 10.9 Å². The summed E-state index contributed by atoms with van der Waals surface area (Å²) in [6.07, 6.45) is 2.15. The zero-order chi connectivity index (χ0) is 15.4. The highest BCUT2D eigenvalue weighted by molar-refractivity contribution is 6.02. The number of carbonyl (C=O) groups is 1. The quantitative estimate of drug-likeness (QED) is 0.887. The highest BCUT2D eigenvalue weighted by Gasteiger charge is 2.15. The van der Waals surface area contributed by atoms with Crippen LogP contribution in [-0.2, 0) is 6.54 Å². The molecule has 2 aromatic rings. The number of hydrogen-bond acceptors (Lipinski definition) is 3. The maximum atomic E-state index is 13.9. The Hall–Kier alpha value is -2.01. The number of carboxylic acids is 1. The van der Waals surface area contributed by atoms with E-state index in [9.17, 15) is 14.3 Å². The number of nitrogens with zero attached hydrogens (tertiary/aromatic N) is 2. The monoisotopic (exact) mass is 290 g/mol. The molecule has 0 unspecified atom stereocenters. The van der Waals surface area contributed by atoms with Crippen LogP contribution in [0.1, 0.15) is 35.8 Å². The largest absolute Gasteiger partial charge is 0.478 e. The zero-order valence-electron chi connectivity index (χ0n) is 12.3. The van der Waals surface area contributed by atoms with Crippen LogP contribution in [0.3, 0.4) is 0 Å². The SMILES string of the molecule is CCCCN(C)Cc1cc(C(=O)O)c2cccc(F)c2n1. The fourth-order valence-corrected chi connectivity index (χ4v) is 2.31. The van der Waals surface area contributed by atoms with Crippen LogP contribution in [0.4, 0.5) is 4.39 Å². The Balaban J connectivity index is 2.41. The van der Waals surface area contributed by atoms with Gasteiger partial charge in [-0.3, -0.25) is 0 Å². The van der Waals surface area contributed by atoms with E-state index in [0.29, 0.717) is 17.6 Å². The summed E-state index contributed by atoms with van der Waals surface area (Å²) in [5.74, 6) is -1.56. The second kappa shape index (κ2) is 6.63. The van der Waals surface area contributed by atoms with E-state index in [0.717, 1.165) is 19.4 Å². The minimum absolute atomic E-state index is 0.0957. The molecule has 0 aliphatic heterocycles. The number of aromatic nitrogens is 1. The van der Waals surface area contributed by atoms with Crippen molar-refractivity contribution in [2.45, 2.75) is 26.3 Å². The Morgan fingerprint density at radius 1 is 1.43 bits per heavy atom. The summed E-state index contributed by atoms with van der Waals surface area (Å²) >= 11 is 0. The number of para-hydroxylation sites is 1. The molecule has 0 saturated carbocycles. The van der Waals surface area contributed by atoms with Crippen LogP contribution in [0, 0.1) is 5.82 Å². The van der Waals surface area contributed by atoms with Crippen molar-refractivity contribution in [1.82, 2.24) is 9.88 Å². The van der Waals surface area contributed by atoms with Crippen LogP contribution >= 0.6 is 0 Å². The van der Waals surface area contributed by atoms with Crippen LogP contribution in [0.2, 0.25) is 0 Å². The zero-order valence-corrected chi connectivity index (χ0v) is 12.3. The first-order valence-electron chi connectivity index (χ1n) is 7.03. The molecule has 0 radical (unpaired) electrons. The van der Waals surface area contributed by atoms with Gasteiger partial charge in [0.1, 0.15) is 11.3 Å². The number of fused-ring (bicyclic) bond motifs is 1. The average Bonchev–Trinajstić information content (AvgIpc) is 2.45. The van der Waals surface area contributed by atoms with E-state index in [1.165, 1.54) is 18.2 Å². The topological polar surface area (TPSA) is 53.4 Å². The molecule has 1 aromatic carbocycles. The van der Waals surface area contributed by atoms with E-state index in [1.807, 2.05) is 7.05 Å². The van der Waals surface area contributed by atoms with Gasteiger partial charge in [-0.1, -0.05) is 25.5 Å². The molecule has 0 saturated heterocycles. The first kappa shape index (κ1) is 15.4. The summed E-state index contributed by atoms with van der Waals surface area (Å²) in [6.45, 7) is 3.51. The molecule has 1 heterocycles. The molecule has 2 rings (SSSR count). The Morgan fingerprint density at radius 3 is 2.86 bits per heavy atom. The lowest BCUT2D eigenvalue weighted by molar-refractivity contribution is 0.0698. The fourth-order valence-electron chi connectivity index (χ4n) is 2.31. The number of aromatic carboxylic acids is 1. The summed E-state index contributed by atoms with van der Waals surface area (Å²) in [5.41, 5.74) is 0.790. The maximum Gasteiger partial charge on any atom is 0.336 e. The van der Waals surface area contributed by atoms with Gasteiger partial charge in [0.15, 0.2) is 0 Å². The average molecular weight is 290 g/mol. The van der Waals surface area contributed by atoms with Crippen molar-refractivity contribution in [1.29, 1.82) is 0 Å². The van der Waals surface area contributed by atoms with Crippen molar-refractivity contribution < 1.29 is 14.3 Å². The van der Waals surface area contributed by atoms with Crippen molar-refractivity contribution in [3.8, 4) is 0 Å². The number of pyridine rings is 1. The predicted molar refractivity (Wildman–Crippen MR) is 79.9 cm³/mol. The van der Waals surface area contributed by atoms with Gasteiger partial charge in [0.25, 0.3) is 0 Å². The molecule has 5 heteroatoms. The Kier molecular flexibility index (Phi) is 4.85. The number of rotatable bonds is 6. The molecule has 0 spiro atoms. The minimum atomic E-state index is -1.06. The van der Waals surface area contributed by atoms with Gasteiger partial charge >= 0.3 is 5.97 Å². The molecule has 0 fully saturated rings. The third-order valence-corrected chi connectivity index (χ3v) is 3.40. The van der Waals surface area contributed by atoms with E-state index in [4.69, 9.17) is 0 Å². The van der Waals surface area contributed by atoms with Gasteiger partial charge < -0.3 is 10.0 Å². The van der Waals surface area contributed by atoms with E-state index >= 15 is 0 Å². The Labute approximate surface area is 123 Å². The van der Waals surface area contributed by atoms with Crippen molar-refractivity contribution in [3.63, 3.8) is 0 Å². The summed E-state index contributed by atoms with van der Waals surface area (Å²) in [5, 5.41) is 9.65. The second-order valence-electron chi connectivity index (χ2n) is 5.19. The molecule has 0 atom stereocenters. The first-order valence-corrected chi connectivity index (χ1v) is 7.03. The number of carboxylic acid groups (broad SMARTS) is 1. The molecular weight excluding hydrogens is 271 g/mol. The van der Waals surface area contributed by atoms with Crippen LogP contribution in [0.15, 0.2) is 24.3 Å². The molecule has 4 nitrogen and oxygen atoms in total. The van der Waals surface area contributed by atoms with E-state index in [1.54, 1.807) is 6.07 Å². The Morgan fingerprint density at radius 2 is 2.19 bits per heavy atom. The summed E-state index contributed by atoms with van der Waals surface area (Å²) in [4.78, 5) is 17.7. The molecular formula is C16H19FN2O2. The second-order valence-corrected chi connectivity index (χ2v) is 5.19. The predicted octanol–water partition coefficient (Wildman–Crippen LogP) is 3.30. The van der Waals surface area contributed by atoms with Crippen LogP contribution in [0.5, 0.6) is 0 Å². The summed E-state index contributed by atoms with van der Waals surface area (Å²) in [6, 6.07) is 5.91. The van der Waals surface area contributed by atoms with Gasteiger partial charge in [-0.2, -0.15) is 0 Å². The van der Waals surface area contributed by atoms with Gasteiger partial charge in [-0.05, 0) is 32.1 Å². The van der Waals surface area contributed by atoms with Crippen LogP contribution < -0.4 is 0 Å². The number of unbranched alkanes of at least 4 members (excludes halogenated alkanes) is 1. The molecule has 0 bridgehead atoms. The third kappa shape index (κ3) is 3.55. The maximum absolute atomic E-state index is 13.9. The van der Waals surface area contributed by atoms with Gasteiger partial charge in [-0.25, -0.2) is 14.2 Å². The highest BCUT2D eigenvalue weighted by atomic mass is 19.1. The summed E-state index contributed by atoms with van der Waals surface area (Å²) in [7, 11) is 1.95. The first-order chi connectivity index (χ1) is 10.0. The Bertz CT molecular complexity index is 658. The smallest absolute Gasteiger partial charge is 0.336 e. The lowest BCUT2D eigenvalue weighted by Crippen LogP contribution is -2.20. The van der Waals surface area contributed by atoms with Gasteiger partial charge in [0.2, 0.25) is 0 Å². The van der Waals surface area contributed by atoms with Gasteiger partial charge in [-0.15, -0.1) is 0 Å². The minimum Gasteiger partial charge on any atom is -0.478 e. The fraction of sp³-hybridized carbons (Fsp3) is 0.375. The molecule has 1 aromatic heterocycles. The molecule has 0 aliphatic carbocycles. The van der Waals surface area contributed by atoms with E-state index in [2.05, 4.69) is 16.8 Å². The normalized spacial score (nSPS) is 11.2. The lowest BCUT2D eigenvalue weighted by Gasteiger charge is -2.16. The lowest BCUT2D eigenvalue weighted by atomic mass is 10.1. The van der Waals surface area contributed by atoms with E-state index < -0.39 is 11.8 Å². The van der Waals surface area contributed by atoms with Crippen molar-refractivity contribution in [3.05, 3.63) is 41.3 Å². The van der Waals surface area contributed by atoms with Gasteiger partial charge in [0, 0.05) is 11.9 Å². The number of benzene rings is 1. The molecule has 1 N–H and O–H groups in total. The van der Waals surface area contributed by atoms with E-state index in [-0.39, 0.29) is 11.1 Å². The number of halogens is 1. The van der Waals surface area contributed by atoms with Crippen molar-refractivity contribution in [2.75, 3.05) is 13.6 Å². The number of hydrogen-bond donors (Lipinski definition) is 1. The van der Waals surface area contributed by atoms with Crippen molar-refractivity contribution in [2.24, 2.45) is 0 Å². The summed E-state index contributed by atoms with van der Waals surface area (Å²) < 4.78 is 13.9. The molecule has 21 heavy (non-hydrogen) atoms. The standard InChI is InChI=1S/C16H19FN2O2/c1-3-4-8-19(2)10-11-9-13(16(20)21)12-6-5-7-14(17)15(12)18-11/h5-7,9H,3-4,8,10H2,1-2H3,(H,20,21). The highest BCUT2D eigenvalue weighted by Crippen LogP contribution is 2.21. The third-order valence-electron chi connectivity index (χ3n) is 3.40. The van der Waals surface area contributed by atoms with Crippen molar-refractivity contribution >= 4 is 16.9 Å². The molecule has 0 aliphatic rings. The van der Waals surface area contributed by atoms with Gasteiger partial charge in [0.05, 0.1) is 11.3 Å². The molecule has 112 valence electrons. The molecule has 0 amide bonds.